The van der Waals surface area contributed by atoms with E-state index >= 15 is 0 Å². The van der Waals surface area contributed by atoms with Gasteiger partial charge in [0, 0.05) is 15.6 Å². The van der Waals surface area contributed by atoms with Crippen LogP contribution in [0.15, 0.2) is 70.2 Å². The van der Waals surface area contributed by atoms with Crippen LogP contribution in [0.4, 0.5) is 0 Å². The quantitative estimate of drug-likeness (QED) is 0.310. The highest BCUT2D eigenvalue weighted by Crippen LogP contribution is 2.28. The molecule has 5 nitrogen and oxygen atoms in total. The van der Waals surface area contributed by atoms with Crippen LogP contribution >= 0.6 is 39.1 Å². The van der Waals surface area contributed by atoms with E-state index in [4.69, 9.17) is 32.7 Å². The third kappa shape index (κ3) is 5.75. The zero-order valence-electron chi connectivity index (χ0n) is 15.9. The monoisotopic (exact) mass is 506 g/mol. The molecule has 0 aliphatic carbocycles. The van der Waals surface area contributed by atoms with E-state index in [1.54, 1.807) is 42.5 Å². The number of para-hydroxylation sites is 1. The van der Waals surface area contributed by atoms with Crippen molar-refractivity contribution >= 4 is 51.3 Å². The van der Waals surface area contributed by atoms with Crippen LogP contribution < -0.4 is 14.9 Å². The Balaban J connectivity index is 1.61. The molecule has 30 heavy (non-hydrogen) atoms. The van der Waals surface area contributed by atoms with Gasteiger partial charge in [0.05, 0.1) is 23.4 Å². The van der Waals surface area contributed by atoms with Gasteiger partial charge in [0.2, 0.25) is 0 Å². The van der Waals surface area contributed by atoms with Gasteiger partial charge in [0.1, 0.15) is 18.1 Å². The minimum atomic E-state index is -0.359. The minimum absolute atomic E-state index is 0.303. The number of carbonyl (C=O) groups is 1. The normalized spacial score (nSPS) is 10.8. The van der Waals surface area contributed by atoms with Gasteiger partial charge in [-0.2, -0.15) is 5.10 Å². The predicted molar refractivity (Wildman–Crippen MR) is 123 cm³/mol. The lowest BCUT2D eigenvalue weighted by Gasteiger charge is -2.10. The molecular formula is C22H17BrCl2N2O3. The summed E-state index contributed by atoms with van der Waals surface area (Å²) in [5.41, 5.74) is 4.51. The van der Waals surface area contributed by atoms with Crippen LogP contribution in [0.2, 0.25) is 10.0 Å². The average Bonchev–Trinajstić information content (AvgIpc) is 2.74. The second kappa shape index (κ2) is 10.5. The highest BCUT2D eigenvalue weighted by molar-refractivity contribution is 9.10. The van der Waals surface area contributed by atoms with Gasteiger partial charge in [-0.25, -0.2) is 5.43 Å². The minimum Gasteiger partial charge on any atom is -0.496 e. The SMILES string of the molecule is COc1ccccc1C(=O)N/N=C\c1ccc(OCc2ccc(Cl)cc2Cl)c(Br)c1. The molecule has 1 N–H and O–H groups in total. The number of ether oxygens (including phenoxy) is 2. The van der Waals surface area contributed by atoms with E-state index in [0.29, 0.717) is 33.7 Å². The molecule has 0 aromatic heterocycles. The molecule has 154 valence electrons. The Kier molecular flexibility index (Phi) is 7.74. The number of amides is 1. The fourth-order valence-electron chi connectivity index (χ4n) is 2.57. The largest absolute Gasteiger partial charge is 0.496 e. The average molecular weight is 508 g/mol. The first-order chi connectivity index (χ1) is 14.5. The van der Waals surface area contributed by atoms with Crippen molar-refractivity contribution in [3.05, 3.63) is 91.9 Å². The Morgan fingerprint density at radius 1 is 1.10 bits per heavy atom. The van der Waals surface area contributed by atoms with Crippen LogP contribution in [0.1, 0.15) is 21.5 Å². The van der Waals surface area contributed by atoms with Gasteiger partial charge in [-0.05, 0) is 64.0 Å². The summed E-state index contributed by atoms with van der Waals surface area (Å²) in [6, 6.07) is 17.6. The lowest BCUT2D eigenvalue weighted by Crippen LogP contribution is -2.18. The molecule has 0 saturated heterocycles. The van der Waals surface area contributed by atoms with Crippen LogP contribution in [-0.4, -0.2) is 19.2 Å². The summed E-state index contributed by atoms with van der Waals surface area (Å²) in [4.78, 5) is 12.3. The maximum absolute atomic E-state index is 12.3. The molecule has 0 unspecified atom stereocenters. The van der Waals surface area contributed by atoms with E-state index in [0.717, 1.165) is 15.6 Å². The number of carbonyl (C=O) groups excluding carboxylic acids is 1. The Labute approximate surface area is 192 Å². The number of hydrogen-bond donors (Lipinski definition) is 1. The summed E-state index contributed by atoms with van der Waals surface area (Å²) in [6.45, 7) is 0.303. The Hall–Kier alpha value is -2.54. The number of halogens is 3. The van der Waals surface area contributed by atoms with E-state index < -0.39 is 0 Å². The van der Waals surface area contributed by atoms with E-state index in [9.17, 15) is 4.79 Å². The maximum atomic E-state index is 12.3. The lowest BCUT2D eigenvalue weighted by molar-refractivity contribution is 0.0952. The van der Waals surface area contributed by atoms with E-state index in [1.807, 2.05) is 18.2 Å². The van der Waals surface area contributed by atoms with Gasteiger partial charge in [0.25, 0.3) is 5.91 Å². The van der Waals surface area contributed by atoms with Crippen LogP contribution in [-0.2, 0) is 6.61 Å². The molecule has 0 radical (unpaired) electrons. The van der Waals surface area contributed by atoms with Crippen molar-refractivity contribution < 1.29 is 14.3 Å². The third-order valence-electron chi connectivity index (χ3n) is 4.09. The summed E-state index contributed by atoms with van der Waals surface area (Å²) in [5.74, 6) is 0.772. The summed E-state index contributed by atoms with van der Waals surface area (Å²) in [5, 5.41) is 5.13. The van der Waals surface area contributed by atoms with Crippen LogP contribution in [0.3, 0.4) is 0 Å². The summed E-state index contributed by atoms with van der Waals surface area (Å²) in [7, 11) is 1.51. The number of nitrogens with zero attached hydrogens (tertiary/aromatic N) is 1. The van der Waals surface area contributed by atoms with Crippen molar-refractivity contribution in [1.29, 1.82) is 0 Å². The molecule has 8 heteroatoms. The zero-order valence-corrected chi connectivity index (χ0v) is 19.0. The predicted octanol–water partition coefficient (Wildman–Crippen LogP) is 6.11. The van der Waals surface area contributed by atoms with Crippen LogP contribution in [0.25, 0.3) is 0 Å². The first kappa shape index (κ1) is 22.2. The first-order valence-electron chi connectivity index (χ1n) is 8.80. The highest BCUT2D eigenvalue weighted by atomic mass is 79.9. The van der Waals surface area contributed by atoms with E-state index in [1.165, 1.54) is 13.3 Å². The number of nitrogens with one attached hydrogen (secondary N) is 1. The Morgan fingerprint density at radius 2 is 1.90 bits per heavy atom. The van der Waals surface area contributed by atoms with Gasteiger partial charge >= 0.3 is 0 Å². The third-order valence-corrected chi connectivity index (χ3v) is 5.29. The molecule has 3 rings (SSSR count). The molecule has 3 aromatic carbocycles. The number of hydrogen-bond acceptors (Lipinski definition) is 4. The number of methoxy groups -OCH3 is 1. The number of rotatable bonds is 7. The highest BCUT2D eigenvalue weighted by Gasteiger charge is 2.10. The van der Waals surface area contributed by atoms with E-state index in [2.05, 4.69) is 26.5 Å². The fourth-order valence-corrected chi connectivity index (χ4v) is 3.54. The molecular weight excluding hydrogens is 491 g/mol. The van der Waals surface area contributed by atoms with Gasteiger partial charge in [-0.1, -0.05) is 41.4 Å². The van der Waals surface area contributed by atoms with E-state index in [-0.39, 0.29) is 5.91 Å². The molecule has 3 aromatic rings. The van der Waals surface area contributed by atoms with Crippen molar-refractivity contribution in [3.63, 3.8) is 0 Å². The van der Waals surface area contributed by atoms with Crippen molar-refractivity contribution in [1.82, 2.24) is 5.43 Å². The zero-order chi connectivity index (χ0) is 21.5. The van der Waals surface area contributed by atoms with Gasteiger partial charge in [-0.3, -0.25) is 4.79 Å². The molecule has 0 spiro atoms. The molecule has 0 aliphatic heterocycles. The smallest absolute Gasteiger partial charge is 0.275 e. The van der Waals surface area contributed by atoms with Crippen molar-refractivity contribution in [2.75, 3.05) is 7.11 Å². The summed E-state index contributed by atoms with van der Waals surface area (Å²) in [6.07, 6.45) is 1.54. The summed E-state index contributed by atoms with van der Waals surface area (Å²) < 4.78 is 11.7. The lowest BCUT2D eigenvalue weighted by atomic mass is 10.2. The standard InChI is InChI=1S/C22H17BrCl2N2O3/c1-29-20-5-3-2-4-17(20)22(28)27-26-12-14-6-9-21(18(23)10-14)30-13-15-7-8-16(24)11-19(15)25/h2-12H,13H2,1H3,(H,27,28)/b26-12-. The molecule has 0 atom stereocenters. The molecule has 0 aliphatic rings. The second-order valence-corrected chi connectivity index (χ2v) is 7.81. The topological polar surface area (TPSA) is 59.9 Å². The second-order valence-electron chi connectivity index (χ2n) is 6.11. The fraction of sp³-hybridized carbons (Fsp3) is 0.0909. The van der Waals surface area contributed by atoms with Crippen molar-refractivity contribution in [2.45, 2.75) is 6.61 Å². The number of hydrazone groups is 1. The van der Waals surface area contributed by atoms with Crippen molar-refractivity contribution in [2.24, 2.45) is 5.10 Å². The molecule has 0 fully saturated rings. The molecule has 1 amide bonds. The molecule has 0 heterocycles. The first-order valence-corrected chi connectivity index (χ1v) is 10.4. The molecule has 0 bridgehead atoms. The van der Waals surface area contributed by atoms with Crippen LogP contribution in [0, 0.1) is 0 Å². The maximum Gasteiger partial charge on any atom is 0.275 e. The number of benzene rings is 3. The van der Waals surface area contributed by atoms with Gasteiger partial charge < -0.3 is 9.47 Å². The van der Waals surface area contributed by atoms with Crippen molar-refractivity contribution in [3.8, 4) is 11.5 Å². The summed E-state index contributed by atoms with van der Waals surface area (Å²) >= 11 is 15.6. The van der Waals surface area contributed by atoms with Crippen LogP contribution in [0.5, 0.6) is 11.5 Å². The Morgan fingerprint density at radius 3 is 2.63 bits per heavy atom. The molecule has 0 saturated carbocycles. The Bertz CT molecular complexity index is 1090. The van der Waals surface area contributed by atoms with Gasteiger partial charge in [0.15, 0.2) is 0 Å². The van der Waals surface area contributed by atoms with Gasteiger partial charge in [-0.15, -0.1) is 0 Å².